The van der Waals surface area contributed by atoms with E-state index in [0.29, 0.717) is 17.7 Å². The average molecular weight is 526 g/mol. The topological polar surface area (TPSA) is 108 Å². The number of hydrogen-bond donors (Lipinski definition) is 3. The number of aryl methyl sites for hydroxylation is 2. The second-order valence-electron chi connectivity index (χ2n) is 11.1. The predicted molar refractivity (Wildman–Crippen MR) is 150 cm³/mol. The SMILES string of the molecule is CCc1ccc(C(C(=O)Nc2ccccc2C)N(C(=O)C(CO)NC(=O)OC(C)(C)C)C(C)(C)CC)cc1. The van der Waals surface area contributed by atoms with E-state index in [1.54, 1.807) is 20.8 Å². The van der Waals surface area contributed by atoms with Gasteiger partial charge < -0.3 is 25.4 Å². The highest BCUT2D eigenvalue weighted by atomic mass is 16.6. The monoisotopic (exact) mass is 525 g/mol. The lowest BCUT2D eigenvalue weighted by Gasteiger charge is -2.44. The normalized spacial score (nSPS) is 13.3. The zero-order valence-electron chi connectivity index (χ0n) is 23.9. The van der Waals surface area contributed by atoms with Crippen molar-refractivity contribution in [2.24, 2.45) is 0 Å². The van der Waals surface area contributed by atoms with Gasteiger partial charge in [-0.25, -0.2) is 4.79 Å². The van der Waals surface area contributed by atoms with Crippen LogP contribution in [0, 0.1) is 6.92 Å². The third kappa shape index (κ3) is 8.05. The fourth-order valence-electron chi connectivity index (χ4n) is 4.02. The minimum atomic E-state index is -1.31. The number of carbonyl (C=O) groups excluding carboxylic acids is 3. The summed E-state index contributed by atoms with van der Waals surface area (Å²) in [6.45, 7) is 14.1. The largest absolute Gasteiger partial charge is 0.444 e. The lowest BCUT2D eigenvalue weighted by Crippen LogP contribution is -2.59. The summed E-state index contributed by atoms with van der Waals surface area (Å²) < 4.78 is 5.31. The van der Waals surface area contributed by atoms with Crippen LogP contribution in [0.25, 0.3) is 0 Å². The molecule has 0 radical (unpaired) electrons. The number of nitrogens with zero attached hydrogens (tertiary/aromatic N) is 1. The van der Waals surface area contributed by atoms with Crippen LogP contribution in [0.3, 0.4) is 0 Å². The van der Waals surface area contributed by atoms with E-state index in [9.17, 15) is 19.5 Å². The van der Waals surface area contributed by atoms with E-state index < -0.39 is 47.7 Å². The van der Waals surface area contributed by atoms with Crippen LogP contribution in [0.2, 0.25) is 0 Å². The zero-order chi connectivity index (χ0) is 28.7. The van der Waals surface area contributed by atoms with Gasteiger partial charge in [-0.3, -0.25) is 9.59 Å². The first-order valence-electron chi connectivity index (χ1n) is 13.1. The molecule has 2 aromatic carbocycles. The summed E-state index contributed by atoms with van der Waals surface area (Å²) in [5.74, 6) is -0.984. The summed E-state index contributed by atoms with van der Waals surface area (Å²) in [6, 6.07) is 12.7. The van der Waals surface area contributed by atoms with Crippen LogP contribution in [0.4, 0.5) is 10.5 Å². The predicted octanol–water partition coefficient (Wildman–Crippen LogP) is 5.14. The molecule has 0 aliphatic heterocycles. The Morgan fingerprint density at radius 2 is 1.58 bits per heavy atom. The maximum absolute atomic E-state index is 14.1. The van der Waals surface area contributed by atoms with Crippen LogP contribution < -0.4 is 10.6 Å². The highest BCUT2D eigenvalue weighted by Crippen LogP contribution is 2.33. The molecule has 0 spiro atoms. The van der Waals surface area contributed by atoms with Gasteiger partial charge in [0.2, 0.25) is 5.91 Å². The molecule has 8 nitrogen and oxygen atoms in total. The van der Waals surface area contributed by atoms with E-state index in [-0.39, 0.29) is 0 Å². The number of carbonyl (C=O) groups is 3. The van der Waals surface area contributed by atoms with Gasteiger partial charge >= 0.3 is 6.09 Å². The minimum absolute atomic E-state index is 0.396. The number of nitrogens with one attached hydrogen (secondary N) is 2. The Bertz CT molecular complexity index is 1110. The van der Waals surface area contributed by atoms with Gasteiger partial charge in [-0.1, -0.05) is 56.3 Å². The van der Waals surface area contributed by atoms with E-state index in [1.165, 1.54) is 4.90 Å². The van der Waals surface area contributed by atoms with Crippen molar-refractivity contribution in [3.8, 4) is 0 Å². The molecule has 208 valence electrons. The number of anilines is 1. The molecule has 0 aliphatic rings. The Kier molecular flexibility index (Phi) is 10.5. The summed E-state index contributed by atoms with van der Waals surface area (Å²) in [4.78, 5) is 42.0. The minimum Gasteiger partial charge on any atom is -0.444 e. The number of aliphatic hydroxyl groups is 1. The summed E-state index contributed by atoms with van der Waals surface area (Å²) in [6.07, 6.45) is 0.521. The van der Waals surface area contributed by atoms with Crippen molar-refractivity contribution in [2.45, 2.75) is 91.5 Å². The van der Waals surface area contributed by atoms with Crippen LogP contribution >= 0.6 is 0 Å². The summed E-state index contributed by atoms with van der Waals surface area (Å²) in [5, 5.41) is 15.6. The molecule has 0 saturated carbocycles. The molecular formula is C30H43N3O5. The first-order chi connectivity index (χ1) is 17.7. The van der Waals surface area contributed by atoms with Gasteiger partial charge in [0, 0.05) is 11.2 Å². The van der Waals surface area contributed by atoms with Gasteiger partial charge in [-0.05, 0) is 77.1 Å². The number of ether oxygens (including phenoxy) is 1. The van der Waals surface area contributed by atoms with Crippen molar-refractivity contribution in [3.05, 3.63) is 65.2 Å². The lowest BCUT2D eigenvalue weighted by molar-refractivity contribution is -0.148. The van der Waals surface area contributed by atoms with Gasteiger partial charge in [-0.2, -0.15) is 0 Å². The number of alkyl carbamates (subject to hydrolysis) is 1. The van der Waals surface area contributed by atoms with Crippen LogP contribution in [-0.4, -0.2) is 51.7 Å². The lowest BCUT2D eigenvalue weighted by atomic mass is 9.91. The van der Waals surface area contributed by atoms with Gasteiger partial charge in [0.1, 0.15) is 17.7 Å². The molecule has 2 aromatic rings. The van der Waals surface area contributed by atoms with Gasteiger partial charge in [0.25, 0.3) is 5.91 Å². The molecule has 3 N–H and O–H groups in total. The molecule has 0 aromatic heterocycles. The highest BCUT2D eigenvalue weighted by Gasteiger charge is 2.43. The van der Waals surface area contributed by atoms with E-state index in [0.717, 1.165) is 17.5 Å². The summed E-state index contributed by atoms with van der Waals surface area (Å²) in [5.41, 5.74) is 1.65. The molecule has 38 heavy (non-hydrogen) atoms. The smallest absolute Gasteiger partial charge is 0.408 e. The van der Waals surface area contributed by atoms with Gasteiger partial charge in [0.05, 0.1) is 6.61 Å². The van der Waals surface area contributed by atoms with Crippen molar-refractivity contribution in [1.82, 2.24) is 10.2 Å². The Labute approximate surface area is 226 Å². The van der Waals surface area contributed by atoms with Crippen LogP contribution in [0.15, 0.2) is 48.5 Å². The zero-order valence-corrected chi connectivity index (χ0v) is 23.9. The Balaban J connectivity index is 2.59. The van der Waals surface area contributed by atoms with Crippen molar-refractivity contribution in [2.75, 3.05) is 11.9 Å². The molecule has 2 rings (SSSR count). The van der Waals surface area contributed by atoms with Crippen LogP contribution in [-0.2, 0) is 20.7 Å². The molecule has 0 saturated heterocycles. The number of benzene rings is 2. The number of para-hydroxylation sites is 1. The molecular weight excluding hydrogens is 482 g/mol. The highest BCUT2D eigenvalue weighted by molar-refractivity contribution is 5.99. The quantitative estimate of drug-likeness (QED) is 0.398. The van der Waals surface area contributed by atoms with E-state index in [1.807, 2.05) is 83.1 Å². The number of rotatable bonds is 10. The second-order valence-corrected chi connectivity index (χ2v) is 11.1. The van der Waals surface area contributed by atoms with Crippen molar-refractivity contribution >= 4 is 23.6 Å². The van der Waals surface area contributed by atoms with Crippen molar-refractivity contribution < 1.29 is 24.2 Å². The second kappa shape index (κ2) is 12.9. The van der Waals surface area contributed by atoms with Crippen LogP contribution in [0.1, 0.15) is 77.6 Å². The Morgan fingerprint density at radius 1 is 0.974 bits per heavy atom. The summed E-state index contributed by atoms with van der Waals surface area (Å²) >= 11 is 0. The number of amides is 3. The van der Waals surface area contributed by atoms with Crippen molar-refractivity contribution in [3.63, 3.8) is 0 Å². The van der Waals surface area contributed by atoms with E-state index >= 15 is 0 Å². The summed E-state index contributed by atoms with van der Waals surface area (Å²) in [7, 11) is 0. The van der Waals surface area contributed by atoms with Crippen molar-refractivity contribution in [1.29, 1.82) is 0 Å². The molecule has 2 atom stereocenters. The molecule has 0 aliphatic carbocycles. The third-order valence-electron chi connectivity index (χ3n) is 6.54. The fourth-order valence-corrected chi connectivity index (χ4v) is 4.02. The van der Waals surface area contributed by atoms with E-state index in [4.69, 9.17) is 4.74 Å². The maximum Gasteiger partial charge on any atom is 0.408 e. The first-order valence-corrected chi connectivity index (χ1v) is 13.1. The van der Waals surface area contributed by atoms with Gasteiger partial charge in [-0.15, -0.1) is 0 Å². The first kappa shape index (κ1) is 30.8. The third-order valence-corrected chi connectivity index (χ3v) is 6.54. The maximum atomic E-state index is 14.1. The molecule has 0 heterocycles. The molecule has 2 unspecified atom stereocenters. The van der Waals surface area contributed by atoms with Gasteiger partial charge in [0.15, 0.2) is 0 Å². The molecule has 8 heteroatoms. The standard InChI is InChI=1S/C30H43N3O5/c1-9-21-15-17-22(18-16-21)25(26(35)31-23-14-12-11-13-20(23)3)33(30(7,8)10-2)27(36)24(19-34)32-28(37)38-29(4,5)6/h11-18,24-25,34H,9-10,19H2,1-8H3,(H,31,35)(H,32,37). The molecule has 0 bridgehead atoms. The van der Waals surface area contributed by atoms with Crippen LogP contribution in [0.5, 0.6) is 0 Å². The fraction of sp³-hybridized carbons (Fsp3) is 0.500. The number of hydrogen-bond acceptors (Lipinski definition) is 5. The molecule has 0 fully saturated rings. The van der Waals surface area contributed by atoms with E-state index in [2.05, 4.69) is 10.6 Å². The Hall–Kier alpha value is -3.39. The number of aliphatic hydroxyl groups excluding tert-OH is 1. The average Bonchev–Trinajstić information content (AvgIpc) is 2.85. The Morgan fingerprint density at radius 3 is 2.08 bits per heavy atom. The molecule has 3 amide bonds.